The second kappa shape index (κ2) is 6.53. The number of hydrogen-bond acceptors (Lipinski definition) is 4. The summed E-state index contributed by atoms with van der Waals surface area (Å²) in [5.74, 6) is 0. The fourth-order valence-corrected chi connectivity index (χ4v) is 3.91. The van der Waals surface area contributed by atoms with Crippen molar-refractivity contribution in [2.45, 2.75) is 50.2 Å². The van der Waals surface area contributed by atoms with E-state index in [1.165, 1.54) is 51.7 Å². The van der Waals surface area contributed by atoms with Crippen molar-refractivity contribution in [3.8, 4) is 0 Å². The molecule has 3 rings (SSSR count). The minimum atomic E-state index is 0.694. The first-order chi connectivity index (χ1) is 9.33. The Morgan fingerprint density at radius 1 is 1.05 bits per heavy atom. The van der Waals surface area contributed by atoms with Gasteiger partial charge in [0.1, 0.15) is 0 Å². The summed E-state index contributed by atoms with van der Waals surface area (Å²) in [4.78, 5) is 5.30. The minimum Gasteiger partial charge on any atom is -0.381 e. The number of nitrogens with one attached hydrogen (secondary N) is 1. The van der Waals surface area contributed by atoms with E-state index in [2.05, 4.69) is 22.2 Å². The highest BCUT2D eigenvalue weighted by atomic mass is 16.5. The summed E-state index contributed by atoms with van der Waals surface area (Å²) in [7, 11) is 2.33. The number of hydrogen-bond donors (Lipinski definition) is 1. The maximum atomic E-state index is 5.40. The third kappa shape index (κ3) is 3.48. The zero-order valence-electron chi connectivity index (χ0n) is 12.3. The van der Waals surface area contributed by atoms with E-state index in [-0.39, 0.29) is 0 Å². The Bertz CT molecular complexity index is 281. The second-order valence-electron chi connectivity index (χ2n) is 6.48. The van der Waals surface area contributed by atoms with E-state index >= 15 is 0 Å². The highest BCUT2D eigenvalue weighted by molar-refractivity contribution is 4.91. The zero-order valence-corrected chi connectivity index (χ0v) is 12.3. The average Bonchev–Trinajstić information content (AvgIpc) is 2.68. The predicted octanol–water partition coefficient (Wildman–Crippen LogP) is 0.923. The molecule has 0 spiro atoms. The van der Waals surface area contributed by atoms with Gasteiger partial charge < -0.3 is 15.0 Å². The molecule has 2 atom stereocenters. The molecular weight excluding hydrogens is 238 g/mol. The molecule has 0 aromatic carbocycles. The topological polar surface area (TPSA) is 27.7 Å². The van der Waals surface area contributed by atoms with Gasteiger partial charge >= 0.3 is 0 Å². The van der Waals surface area contributed by atoms with Gasteiger partial charge in [0.15, 0.2) is 0 Å². The molecule has 2 bridgehead atoms. The first kappa shape index (κ1) is 13.8. The number of nitrogens with zero attached hydrogens (tertiary/aromatic N) is 2. The molecule has 3 heterocycles. The van der Waals surface area contributed by atoms with Crippen LogP contribution in [0.4, 0.5) is 0 Å². The lowest BCUT2D eigenvalue weighted by Crippen LogP contribution is -2.42. The molecule has 0 amide bonds. The van der Waals surface area contributed by atoms with Crippen molar-refractivity contribution in [3.63, 3.8) is 0 Å². The van der Waals surface area contributed by atoms with Crippen molar-refractivity contribution < 1.29 is 4.74 Å². The minimum absolute atomic E-state index is 0.694. The summed E-state index contributed by atoms with van der Waals surface area (Å²) >= 11 is 0. The third-order valence-electron chi connectivity index (χ3n) is 5.31. The number of likely N-dealkylation sites (tertiary alicyclic amines) is 1. The Hall–Kier alpha value is -0.160. The van der Waals surface area contributed by atoms with Crippen LogP contribution in [0, 0.1) is 0 Å². The SMILES string of the molecule is CN1C2CCC1CN(CCNC1CCOCC1)CC2. The monoisotopic (exact) mass is 267 g/mol. The van der Waals surface area contributed by atoms with Gasteiger partial charge in [0.05, 0.1) is 0 Å². The van der Waals surface area contributed by atoms with Gasteiger partial charge in [-0.1, -0.05) is 0 Å². The first-order valence-corrected chi connectivity index (χ1v) is 8.08. The number of ether oxygens (including phenoxy) is 1. The van der Waals surface area contributed by atoms with E-state index in [0.717, 1.165) is 31.8 Å². The normalized spacial score (nSPS) is 34.6. The Balaban J connectivity index is 1.38. The predicted molar refractivity (Wildman–Crippen MR) is 77.5 cm³/mol. The Morgan fingerprint density at radius 2 is 1.84 bits per heavy atom. The maximum absolute atomic E-state index is 5.40. The van der Waals surface area contributed by atoms with Crippen LogP contribution in [-0.2, 0) is 4.74 Å². The fraction of sp³-hybridized carbons (Fsp3) is 1.00. The van der Waals surface area contributed by atoms with Gasteiger partial charge in [-0.25, -0.2) is 0 Å². The fourth-order valence-electron chi connectivity index (χ4n) is 3.91. The van der Waals surface area contributed by atoms with Crippen LogP contribution in [0.3, 0.4) is 0 Å². The van der Waals surface area contributed by atoms with E-state index in [4.69, 9.17) is 4.74 Å². The summed E-state index contributed by atoms with van der Waals surface area (Å²) in [6.45, 7) is 6.81. The third-order valence-corrected chi connectivity index (χ3v) is 5.31. The van der Waals surface area contributed by atoms with E-state index in [0.29, 0.717) is 6.04 Å². The number of likely N-dealkylation sites (N-methyl/N-ethyl adjacent to an activating group) is 1. The molecule has 4 nitrogen and oxygen atoms in total. The van der Waals surface area contributed by atoms with Crippen molar-refractivity contribution in [3.05, 3.63) is 0 Å². The smallest absolute Gasteiger partial charge is 0.0480 e. The Morgan fingerprint density at radius 3 is 2.68 bits per heavy atom. The van der Waals surface area contributed by atoms with Gasteiger partial charge in [-0.05, 0) is 45.7 Å². The van der Waals surface area contributed by atoms with Gasteiger partial charge in [0.2, 0.25) is 0 Å². The summed E-state index contributed by atoms with van der Waals surface area (Å²) in [5.41, 5.74) is 0. The quantitative estimate of drug-likeness (QED) is 0.820. The number of fused-ring (bicyclic) bond motifs is 2. The standard InChI is InChI=1S/C15H29N3O/c1-17-14-2-3-15(17)12-18(8-4-14)9-7-16-13-5-10-19-11-6-13/h13-16H,2-12H2,1H3. The van der Waals surface area contributed by atoms with E-state index in [9.17, 15) is 0 Å². The summed E-state index contributed by atoms with van der Waals surface area (Å²) < 4.78 is 5.40. The Kier molecular flexibility index (Phi) is 4.74. The van der Waals surface area contributed by atoms with Crippen LogP contribution in [-0.4, -0.2) is 74.4 Å². The van der Waals surface area contributed by atoms with Gasteiger partial charge in [-0.15, -0.1) is 0 Å². The van der Waals surface area contributed by atoms with Crippen molar-refractivity contribution in [2.75, 3.05) is 46.4 Å². The molecular formula is C15H29N3O. The molecule has 0 radical (unpaired) electrons. The van der Waals surface area contributed by atoms with Crippen LogP contribution in [0.15, 0.2) is 0 Å². The molecule has 3 saturated heterocycles. The summed E-state index contributed by atoms with van der Waals surface area (Å²) in [6, 6.07) is 2.37. The average molecular weight is 267 g/mol. The zero-order chi connectivity index (χ0) is 13.1. The molecule has 3 fully saturated rings. The van der Waals surface area contributed by atoms with Crippen LogP contribution in [0.5, 0.6) is 0 Å². The molecule has 0 aromatic heterocycles. The highest BCUT2D eigenvalue weighted by Gasteiger charge is 2.34. The molecule has 0 aliphatic carbocycles. The van der Waals surface area contributed by atoms with E-state index < -0.39 is 0 Å². The molecule has 1 N–H and O–H groups in total. The lowest BCUT2D eigenvalue weighted by atomic mass is 10.1. The van der Waals surface area contributed by atoms with Crippen molar-refractivity contribution in [1.29, 1.82) is 0 Å². The van der Waals surface area contributed by atoms with Crippen LogP contribution >= 0.6 is 0 Å². The molecule has 4 heteroatoms. The largest absolute Gasteiger partial charge is 0.381 e. The lowest BCUT2D eigenvalue weighted by Gasteiger charge is -2.28. The lowest BCUT2D eigenvalue weighted by molar-refractivity contribution is 0.0771. The second-order valence-corrected chi connectivity index (χ2v) is 6.48. The van der Waals surface area contributed by atoms with Crippen LogP contribution in [0.2, 0.25) is 0 Å². The van der Waals surface area contributed by atoms with Gasteiger partial charge in [-0.2, -0.15) is 0 Å². The number of rotatable bonds is 4. The van der Waals surface area contributed by atoms with Gasteiger partial charge in [0.25, 0.3) is 0 Å². The van der Waals surface area contributed by atoms with Gasteiger partial charge in [0, 0.05) is 51.0 Å². The molecule has 110 valence electrons. The molecule has 3 aliphatic rings. The first-order valence-electron chi connectivity index (χ1n) is 8.08. The Labute approximate surface area is 117 Å². The van der Waals surface area contributed by atoms with Crippen molar-refractivity contribution >= 4 is 0 Å². The van der Waals surface area contributed by atoms with Crippen LogP contribution in [0.25, 0.3) is 0 Å². The maximum Gasteiger partial charge on any atom is 0.0480 e. The van der Waals surface area contributed by atoms with Crippen LogP contribution in [0.1, 0.15) is 32.1 Å². The highest BCUT2D eigenvalue weighted by Crippen LogP contribution is 2.28. The molecule has 3 aliphatic heterocycles. The molecule has 19 heavy (non-hydrogen) atoms. The molecule has 2 unspecified atom stereocenters. The summed E-state index contributed by atoms with van der Waals surface area (Å²) in [6.07, 6.45) is 6.57. The summed E-state index contributed by atoms with van der Waals surface area (Å²) in [5, 5.41) is 3.71. The van der Waals surface area contributed by atoms with Crippen molar-refractivity contribution in [2.24, 2.45) is 0 Å². The van der Waals surface area contributed by atoms with E-state index in [1.54, 1.807) is 0 Å². The van der Waals surface area contributed by atoms with Crippen LogP contribution < -0.4 is 5.32 Å². The van der Waals surface area contributed by atoms with E-state index in [1.807, 2.05) is 0 Å². The van der Waals surface area contributed by atoms with Crippen molar-refractivity contribution in [1.82, 2.24) is 15.1 Å². The molecule has 0 saturated carbocycles. The molecule has 0 aromatic rings. The van der Waals surface area contributed by atoms with Gasteiger partial charge in [-0.3, -0.25) is 4.90 Å².